The van der Waals surface area contributed by atoms with Crippen LogP contribution in [0, 0.1) is 6.92 Å². The van der Waals surface area contributed by atoms with Crippen molar-refractivity contribution in [1.82, 2.24) is 5.16 Å². The minimum absolute atomic E-state index is 0.122. The number of anilines is 1. The molecule has 0 aliphatic rings. The zero-order chi connectivity index (χ0) is 17.2. The number of nitrogens with one attached hydrogen (secondary N) is 1. The van der Waals surface area contributed by atoms with E-state index in [4.69, 9.17) is 19.9 Å². The molecule has 1 amide bonds. The van der Waals surface area contributed by atoms with E-state index in [0.717, 1.165) is 0 Å². The largest absolute Gasteiger partial charge is 0.495 e. The number of hydrogen-bond acceptors (Lipinski definition) is 6. The normalized spacial score (nSPS) is 11.3. The van der Waals surface area contributed by atoms with Crippen LogP contribution in [0.15, 0.2) is 27.6 Å². The highest BCUT2D eigenvalue weighted by Gasteiger charge is 2.22. The molecule has 1 heterocycles. The Morgan fingerprint density at radius 3 is 2.70 bits per heavy atom. The van der Waals surface area contributed by atoms with E-state index in [0.29, 0.717) is 16.8 Å². The predicted octanol–water partition coefficient (Wildman–Crippen LogP) is 2.93. The average Bonchev–Trinajstić information content (AvgIpc) is 2.86. The number of aryl methyl sites for hydroxylation is 1. The third-order valence-electron chi connectivity index (χ3n) is 3.15. The highest BCUT2D eigenvalue weighted by molar-refractivity contribution is 8.13. The van der Waals surface area contributed by atoms with E-state index in [-0.39, 0.29) is 28.9 Å². The van der Waals surface area contributed by atoms with Gasteiger partial charge in [-0.3, -0.25) is 10.1 Å². The lowest BCUT2D eigenvalue weighted by atomic mass is 10.1. The molecule has 124 valence electrons. The van der Waals surface area contributed by atoms with Crippen molar-refractivity contribution in [1.29, 1.82) is 0 Å². The van der Waals surface area contributed by atoms with E-state index in [1.54, 1.807) is 19.9 Å². The van der Waals surface area contributed by atoms with Crippen molar-refractivity contribution in [3.63, 3.8) is 0 Å². The Balaban J connectivity index is 2.60. The number of benzene rings is 1. The lowest BCUT2D eigenvalue weighted by Crippen LogP contribution is -2.09. The summed E-state index contributed by atoms with van der Waals surface area (Å²) in [6.45, 7) is 3.38. The molecule has 0 atom stereocenters. The fraction of sp³-hybridized carbons (Fsp3) is 0.286. The average molecular weight is 359 g/mol. The van der Waals surface area contributed by atoms with Gasteiger partial charge in [-0.05, 0) is 24.6 Å². The van der Waals surface area contributed by atoms with Crippen molar-refractivity contribution < 1.29 is 22.5 Å². The van der Waals surface area contributed by atoms with Crippen molar-refractivity contribution >= 4 is 31.5 Å². The second-order valence-corrected chi connectivity index (χ2v) is 7.21. The quantitative estimate of drug-likeness (QED) is 0.825. The van der Waals surface area contributed by atoms with E-state index in [1.165, 1.54) is 19.2 Å². The van der Waals surface area contributed by atoms with Gasteiger partial charge in [0.1, 0.15) is 10.6 Å². The van der Waals surface area contributed by atoms with Gasteiger partial charge in [0.15, 0.2) is 0 Å². The number of aromatic nitrogens is 1. The summed E-state index contributed by atoms with van der Waals surface area (Å²) < 4.78 is 33.5. The Morgan fingerprint density at radius 1 is 1.43 bits per heavy atom. The number of hydrogen-bond donors (Lipinski definition) is 1. The van der Waals surface area contributed by atoms with Crippen molar-refractivity contribution in [2.24, 2.45) is 0 Å². The number of methoxy groups -OCH3 is 1. The van der Waals surface area contributed by atoms with Crippen LogP contribution in [0.25, 0.3) is 11.1 Å². The van der Waals surface area contributed by atoms with Crippen molar-refractivity contribution in [2.45, 2.75) is 25.2 Å². The maximum Gasteiger partial charge on any atom is 0.265 e. The van der Waals surface area contributed by atoms with Crippen molar-refractivity contribution in [3.8, 4) is 16.9 Å². The predicted molar refractivity (Wildman–Crippen MR) is 85.2 cm³/mol. The minimum Gasteiger partial charge on any atom is -0.495 e. The zero-order valence-electron chi connectivity index (χ0n) is 12.7. The van der Waals surface area contributed by atoms with Crippen LogP contribution >= 0.6 is 10.7 Å². The van der Waals surface area contributed by atoms with Gasteiger partial charge < -0.3 is 9.26 Å². The van der Waals surface area contributed by atoms with Crippen LogP contribution in [0.5, 0.6) is 5.75 Å². The fourth-order valence-corrected chi connectivity index (χ4v) is 3.05. The smallest absolute Gasteiger partial charge is 0.265 e. The highest BCUT2D eigenvalue weighted by Crippen LogP contribution is 2.36. The Morgan fingerprint density at radius 2 is 2.13 bits per heavy atom. The highest BCUT2D eigenvalue weighted by atomic mass is 35.7. The molecule has 0 radical (unpaired) electrons. The first-order chi connectivity index (χ1) is 10.8. The Labute approximate surface area is 138 Å². The molecule has 2 rings (SSSR count). The Bertz CT molecular complexity index is 845. The molecule has 23 heavy (non-hydrogen) atoms. The van der Waals surface area contributed by atoms with Gasteiger partial charge in [-0.25, -0.2) is 8.42 Å². The molecule has 2 aromatic rings. The van der Waals surface area contributed by atoms with Gasteiger partial charge >= 0.3 is 0 Å². The SMILES string of the molecule is CCC(=O)Nc1onc(C)c1-c1ccc(OC)c(S(=O)(=O)Cl)c1. The number of halogens is 1. The summed E-state index contributed by atoms with van der Waals surface area (Å²) in [5.41, 5.74) is 1.46. The van der Waals surface area contributed by atoms with E-state index in [1.807, 2.05) is 0 Å². The maximum atomic E-state index is 11.7. The van der Waals surface area contributed by atoms with E-state index in [2.05, 4.69) is 10.5 Å². The zero-order valence-corrected chi connectivity index (χ0v) is 14.3. The summed E-state index contributed by atoms with van der Waals surface area (Å²) in [7, 11) is 2.79. The number of amides is 1. The molecule has 0 fully saturated rings. The van der Waals surface area contributed by atoms with Gasteiger partial charge in [-0.1, -0.05) is 18.1 Å². The van der Waals surface area contributed by atoms with Crippen molar-refractivity contribution in [3.05, 3.63) is 23.9 Å². The summed E-state index contributed by atoms with van der Waals surface area (Å²) in [4.78, 5) is 11.4. The standard InChI is InChI=1S/C14H15ClN2O5S/c1-4-12(18)16-14-13(8(2)17-22-14)9-5-6-10(21-3)11(7-9)23(15,19)20/h5-7H,4H2,1-3H3,(H,16,18). The molecule has 1 aromatic carbocycles. The fourth-order valence-electron chi connectivity index (χ4n) is 2.03. The molecular formula is C14H15ClN2O5S. The molecule has 0 saturated carbocycles. The van der Waals surface area contributed by atoms with Crippen LogP contribution in [0.1, 0.15) is 19.0 Å². The van der Waals surface area contributed by atoms with Gasteiger partial charge in [-0.2, -0.15) is 0 Å². The Kier molecular flexibility index (Phi) is 4.96. The molecule has 0 aliphatic carbocycles. The van der Waals surface area contributed by atoms with Gasteiger partial charge in [0.2, 0.25) is 11.8 Å². The third kappa shape index (κ3) is 3.65. The number of carbonyl (C=O) groups excluding carboxylic acids is 1. The second-order valence-electron chi connectivity index (χ2n) is 4.68. The molecule has 0 bridgehead atoms. The molecular weight excluding hydrogens is 344 g/mol. The summed E-state index contributed by atoms with van der Waals surface area (Å²) in [5.74, 6) is 0.0236. The summed E-state index contributed by atoms with van der Waals surface area (Å²) in [5, 5.41) is 6.40. The lowest BCUT2D eigenvalue weighted by molar-refractivity contribution is -0.116. The van der Waals surface area contributed by atoms with Crippen molar-refractivity contribution in [2.75, 3.05) is 12.4 Å². The van der Waals surface area contributed by atoms with Gasteiger partial charge in [0.25, 0.3) is 9.05 Å². The summed E-state index contributed by atoms with van der Waals surface area (Å²) in [6.07, 6.45) is 0.267. The van der Waals surface area contributed by atoms with Crippen LogP contribution in [-0.2, 0) is 13.8 Å². The molecule has 9 heteroatoms. The first-order valence-electron chi connectivity index (χ1n) is 6.67. The molecule has 1 N–H and O–H groups in total. The number of ether oxygens (including phenoxy) is 1. The summed E-state index contributed by atoms with van der Waals surface area (Å²) in [6, 6.07) is 4.45. The molecule has 0 aliphatic heterocycles. The van der Waals surface area contributed by atoms with Crippen LogP contribution in [-0.4, -0.2) is 26.6 Å². The number of rotatable bonds is 5. The lowest BCUT2D eigenvalue weighted by Gasteiger charge is -2.09. The topological polar surface area (TPSA) is 98.5 Å². The summed E-state index contributed by atoms with van der Waals surface area (Å²) >= 11 is 0. The minimum atomic E-state index is -4.00. The molecule has 1 aromatic heterocycles. The van der Waals surface area contributed by atoms with Gasteiger partial charge in [0.05, 0.1) is 18.4 Å². The van der Waals surface area contributed by atoms with Crippen LogP contribution in [0.4, 0.5) is 5.88 Å². The second kappa shape index (κ2) is 6.59. The van der Waals surface area contributed by atoms with Crippen LogP contribution < -0.4 is 10.1 Å². The Hall–Kier alpha value is -2.06. The monoisotopic (exact) mass is 358 g/mol. The van der Waals surface area contributed by atoms with E-state index in [9.17, 15) is 13.2 Å². The molecule has 0 saturated heterocycles. The van der Waals surface area contributed by atoms with Crippen LogP contribution in [0.2, 0.25) is 0 Å². The number of nitrogens with zero attached hydrogens (tertiary/aromatic N) is 1. The molecule has 0 spiro atoms. The van der Waals surface area contributed by atoms with Gasteiger partial charge in [0, 0.05) is 17.1 Å². The van der Waals surface area contributed by atoms with E-state index >= 15 is 0 Å². The van der Waals surface area contributed by atoms with E-state index < -0.39 is 9.05 Å². The molecule has 7 nitrogen and oxygen atoms in total. The first-order valence-corrected chi connectivity index (χ1v) is 8.98. The maximum absolute atomic E-state index is 11.7. The number of carbonyl (C=O) groups is 1. The molecule has 0 unspecified atom stereocenters. The van der Waals surface area contributed by atoms with Gasteiger partial charge in [-0.15, -0.1) is 0 Å². The van der Waals surface area contributed by atoms with Crippen LogP contribution in [0.3, 0.4) is 0 Å². The third-order valence-corrected chi connectivity index (χ3v) is 4.49. The first kappa shape index (κ1) is 17.3.